The zero-order valence-electron chi connectivity index (χ0n) is 9.69. The summed E-state index contributed by atoms with van der Waals surface area (Å²) in [5.41, 5.74) is 23.2. The quantitative estimate of drug-likeness (QED) is 0.441. The van der Waals surface area contributed by atoms with Crippen molar-refractivity contribution in [1.82, 2.24) is 19.6 Å². The SMILES string of the molecule is Nc1cnn(CC(O)Cn2ncc(N)c2N)c1N. The van der Waals surface area contributed by atoms with Gasteiger partial charge in [0.25, 0.3) is 0 Å². The van der Waals surface area contributed by atoms with Gasteiger partial charge in [0.15, 0.2) is 0 Å². The highest BCUT2D eigenvalue weighted by molar-refractivity contribution is 5.57. The molecule has 2 heterocycles. The van der Waals surface area contributed by atoms with E-state index >= 15 is 0 Å². The average molecular weight is 252 g/mol. The first kappa shape index (κ1) is 12.0. The van der Waals surface area contributed by atoms with Crippen molar-refractivity contribution in [2.75, 3.05) is 22.9 Å². The molecule has 98 valence electrons. The molecule has 18 heavy (non-hydrogen) atoms. The third-order valence-corrected chi connectivity index (χ3v) is 2.59. The van der Waals surface area contributed by atoms with Crippen molar-refractivity contribution in [2.45, 2.75) is 19.2 Å². The number of nitrogen functional groups attached to an aromatic ring is 4. The van der Waals surface area contributed by atoms with Gasteiger partial charge in [-0.05, 0) is 0 Å². The number of hydrogen-bond donors (Lipinski definition) is 5. The summed E-state index contributed by atoms with van der Waals surface area (Å²) in [5.74, 6) is 0.643. The van der Waals surface area contributed by atoms with Crippen LogP contribution in [-0.2, 0) is 13.1 Å². The van der Waals surface area contributed by atoms with Crippen molar-refractivity contribution >= 4 is 23.0 Å². The highest BCUT2D eigenvalue weighted by atomic mass is 16.3. The Hall–Kier alpha value is -2.42. The zero-order valence-corrected chi connectivity index (χ0v) is 9.69. The van der Waals surface area contributed by atoms with E-state index in [1.165, 1.54) is 21.8 Å². The Morgan fingerprint density at radius 2 is 1.33 bits per heavy atom. The number of rotatable bonds is 4. The minimum absolute atomic E-state index is 0.197. The largest absolute Gasteiger partial charge is 0.394 e. The van der Waals surface area contributed by atoms with Gasteiger partial charge in [0.05, 0.1) is 43.0 Å². The second kappa shape index (κ2) is 4.45. The molecular formula is C9H16N8O. The van der Waals surface area contributed by atoms with Gasteiger partial charge in [-0.25, -0.2) is 9.36 Å². The summed E-state index contributed by atoms with van der Waals surface area (Å²) in [7, 11) is 0. The lowest BCUT2D eigenvalue weighted by molar-refractivity contribution is 0.127. The van der Waals surface area contributed by atoms with Crippen LogP contribution in [0, 0.1) is 0 Å². The standard InChI is InChI=1S/C9H16N8O/c10-6-1-14-16(8(6)12)3-5(18)4-17-9(13)7(11)2-15-17/h1-2,5,18H,3-4,10-13H2. The van der Waals surface area contributed by atoms with Gasteiger partial charge in [-0.2, -0.15) is 10.2 Å². The number of aliphatic hydroxyl groups excluding tert-OH is 1. The maximum atomic E-state index is 9.91. The van der Waals surface area contributed by atoms with Crippen LogP contribution in [0.15, 0.2) is 12.4 Å². The van der Waals surface area contributed by atoms with Crippen molar-refractivity contribution < 1.29 is 5.11 Å². The molecule has 0 aliphatic heterocycles. The van der Waals surface area contributed by atoms with Crippen LogP contribution in [0.3, 0.4) is 0 Å². The summed E-state index contributed by atoms with van der Waals surface area (Å²) < 4.78 is 2.84. The van der Waals surface area contributed by atoms with Crippen LogP contribution in [0.4, 0.5) is 23.0 Å². The molecule has 9 nitrogen and oxygen atoms in total. The van der Waals surface area contributed by atoms with Crippen LogP contribution >= 0.6 is 0 Å². The maximum absolute atomic E-state index is 9.91. The van der Waals surface area contributed by atoms with Crippen LogP contribution in [0.1, 0.15) is 0 Å². The third-order valence-electron chi connectivity index (χ3n) is 2.59. The fourth-order valence-electron chi connectivity index (χ4n) is 1.57. The van der Waals surface area contributed by atoms with Crippen LogP contribution in [0.2, 0.25) is 0 Å². The molecule has 9 N–H and O–H groups in total. The molecular weight excluding hydrogens is 236 g/mol. The average Bonchev–Trinajstić information content (AvgIpc) is 2.80. The van der Waals surface area contributed by atoms with E-state index in [2.05, 4.69) is 10.2 Å². The van der Waals surface area contributed by atoms with Crippen molar-refractivity contribution in [2.24, 2.45) is 0 Å². The molecule has 0 unspecified atom stereocenters. The van der Waals surface area contributed by atoms with Gasteiger partial charge >= 0.3 is 0 Å². The second-order valence-electron chi connectivity index (χ2n) is 3.99. The zero-order chi connectivity index (χ0) is 13.3. The lowest BCUT2D eigenvalue weighted by Crippen LogP contribution is -2.25. The summed E-state index contributed by atoms with van der Waals surface area (Å²) in [6.45, 7) is 0.393. The molecule has 0 saturated heterocycles. The Morgan fingerprint density at radius 3 is 1.61 bits per heavy atom. The predicted molar refractivity (Wildman–Crippen MR) is 68.1 cm³/mol. The first-order valence-electron chi connectivity index (χ1n) is 5.30. The van der Waals surface area contributed by atoms with Gasteiger partial charge in [-0.1, -0.05) is 0 Å². The van der Waals surface area contributed by atoms with Crippen molar-refractivity contribution in [3.05, 3.63) is 12.4 Å². The molecule has 0 aromatic carbocycles. The van der Waals surface area contributed by atoms with Crippen LogP contribution in [-0.4, -0.2) is 30.8 Å². The molecule has 2 aromatic rings. The Kier molecular flexibility index (Phi) is 2.98. The summed E-state index contributed by atoms with van der Waals surface area (Å²) in [6, 6.07) is 0. The molecule has 0 saturated carbocycles. The summed E-state index contributed by atoms with van der Waals surface area (Å²) in [4.78, 5) is 0. The van der Waals surface area contributed by atoms with E-state index in [1.807, 2.05) is 0 Å². The molecule has 0 aliphatic carbocycles. The normalized spacial score (nSPS) is 11.2. The maximum Gasteiger partial charge on any atom is 0.145 e. The molecule has 0 atom stereocenters. The number of aliphatic hydroxyl groups is 1. The number of aromatic nitrogens is 4. The Morgan fingerprint density at radius 1 is 0.944 bits per heavy atom. The minimum atomic E-state index is -0.756. The molecule has 0 bridgehead atoms. The molecule has 9 heteroatoms. The molecule has 2 rings (SSSR count). The molecule has 0 fully saturated rings. The van der Waals surface area contributed by atoms with E-state index in [9.17, 15) is 5.11 Å². The molecule has 0 spiro atoms. The number of anilines is 4. The fourth-order valence-corrected chi connectivity index (χ4v) is 1.57. The monoisotopic (exact) mass is 252 g/mol. The lowest BCUT2D eigenvalue weighted by Gasteiger charge is -2.13. The van der Waals surface area contributed by atoms with E-state index in [0.717, 1.165) is 0 Å². The first-order chi connectivity index (χ1) is 8.49. The van der Waals surface area contributed by atoms with E-state index in [1.54, 1.807) is 0 Å². The van der Waals surface area contributed by atoms with E-state index in [4.69, 9.17) is 22.9 Å². The van der Waals surface area contributed by atoms with Gasteiger partial charge in [0, 0.05) is 0 Å². The Bertz CT molecular complexity index is 497. The highest BCUT2D eigenvalue weighted by Crippen LogP contribution is 2.15. The Balaban J connectivity index is 2.03. The molecule has 2 aromatic heterocycles. The highest BCUT2D eigenvalue weighted by Gasteiger charge is 2.13. The van der Waals surface area contributed by atoms with Gasteiger partial charge in [-0.3, -0.25) is 0 Å². The van der Waals surface area contributed by atoms with Crippen LogP contribution < -0.4 is 22.9 Å². The number of nitrogens with zero attached hydrogens (tertiary/aromatic N) is 4. The van der Waals surface area contributed by atoms with Crippen molar-refractivity contribution in [3.8, 4) is 0 Å². The minimum Gasteiger partial charge on any atom is -0.394 e. The van der Waals surface area contributed by atoms with E-state index < -0.39 is 6.10 Å². The predicted octanol–water partition coefficient (Wildman–Crippen LogP) is -1.53. The van der Waals surface area contributed by atoms with Gasteiger partial charge in [0.2, 0.25) is 0 Å². The molecule has 0 aliphatic rings. The lowest BCUT2D eigenvalue weighted by atomic mass is 10.3. The number of nitrogens with two attached hydrogens (primary N) is 4. The van der Waals surface area contributed by atoms with E-state index in [-0.39, 0.29) is 13.1 Å². The fraction of sp³-hybridized carbons (Fsp3) is 0.333. The van der Waals surface area contributed by atoms with Gasteiger partial charge < -0.3 is 28.0 Å². The summed E-state index contributed by atoms with van der Waals surface area (Å²) in [5, 5.41) is 17.8. The third kappa shape index (κ3) is 2.15. The number of hydrogen-bond acceptors (Lipinski definition) is 7. The Labute approximate surface area is 103 Å². The van der Waals surface area contributed by atoms with Gasteiger partial charge in [0.1, 0.15) is 11.6 Å². The van der Waals surface area contributed by atoms with Crippen molar-refractivity contribution in [1.29, 1.82) is 0 Å². The first-order valence-corrected chi connectivity index (χ1v) is 5.30. The smallest absolute Gasteiger partial charge is 0.145 e. The van der Waals surface area contributed by atoms with Crippen LogP contribution in [0.5, 0.6) is 0 Å². The molecule has 0 amide bonds. The van der Waals surface area contributed by atoms with Crippen molar-refractivity contribution in [3.63, 3.8) is 0 Å². The topological polar surface area (TPSA) is 160 Å². The van der Waals surface area contributed by atoms with Gasteiger partial charge in [-0.15, -0.1) is 0 Å². The molecule has 0 radical (unpaired) electrons. The summed E-state index contributed by atoms with van der Waals surface area (Å²) >= 11 is 0. The second-order valence-corrected chi connectivity index (χ2v) is 3.99. The van der Waals surface area contributed by atoms with Crippen LogP contribution in [0.25, 0.3) is 0 Å². The summed E-state index contributed by atoms with van der Waals surface area (Å²) in [6.07, 6.45) is 2.11. The van der Waals surface area contributed by atoms with E-state index in [0.29, 0.717) is 23.0 Å².